The van der Waals surface area contributed by atoms with Gasteiger partial charge in [0.25, 0.3) is 0 Å². The highest BCUT2D eigenvalue weighted by Crippen LogP contribution is 2.25. The maximum Gasteiger partial charge on any atom is 0.322 e. The molecule has 2 unspecified atom stereocenters. The minimum Gasteiger partial charge on any atom is -0.320 e. The number of benzene rings is 1. The lowest BCUT2D eigenvalue weighted by atomic mass is 10.1. The normalized spacial score (nSPS) is 22.4. The molecule has 0 saturated carbocycles. The summed E-state index contributed by atoms with van der Waals surface area (Å²) >= 11 is 1.89. The van der Waals surface area contributed by atoms with E-state index in [9.17, 15) is 9.59 Å². The predicted molar refractivity (Wildman–Crippen MR) is 83.6 cm³/mol. The highest BCUT2D eigenvalue weighted by Gasteiger charge is 2.28. The summed E-state index contributed by atoms with van der Waals surface area (Å²) in [7, 11) is 0. The van der Waals surface area contributed by atoms with Crippen LogP contribution >= 0.6 is 11.8 Å². The van der Waals surface area contributed by atoms with Crippen LogP contribution in [0.3, 0.4) is 0 Å². The van der Waals surface area contributed by atoms with Gasteiger partial charge in [0.1, 0.15) is 0 Å². The Morgan fingerprint density at radius 2 is 2.10 bits per heavy atom. The zero-order chi connectivity index (χ0) is 14.7. The molecule has 1 aliphatic rings. The number of hydrogen-bond acceptors (Lipinski definition) is 3. The molecule has 1 aromatic rings. The first-order valence-corrected chi connectivity index (χ1v) is 7.84. The lowest BCUT2D eigenvalue weighted by Gasteiger charge is -2.37. The lowest BCUT2D eigenvalue weighted by molar-refractivity contribution is 0.101. The van der Waals surface area contributed by atoms with Gasteiger partial charge in [-0.3, -0.25) is 4.79 Å². The minimum absolute atomic E-state index is 0.00235. The summed E-state index contributed by atoms with van der Waals surface area (Å²) in [5.41, 5.74) is 1.28. The molecule has 1 heterocycles. The van der Waals surface area contributed by atoms with Crippen LogP contribution in [0.5, 0.6) is 0 Å². The summed E-state index contributed by atoms with van der Waals surface area (Å²) in [5.74, 6) is 0.962. The molecule has 1 aliphatic heterocycles. The molecule has 2 amide bonds. The first kappa shape index (κ1) is 14.9. The second-order valence-corrected chi connectivity index (χ2v) is 6.56. The number of carbonyl (C=O) groups is 2. The number of anilines is 1. The number of rotatable bonds is 2. The smallest absolute Gasteiger partial charge is 0.320 e. The number of amides is 2. The van der Waals surface area contributed by atoms with Crippen molar-refractivity contribution in [3.8, 4) is 0 Å². The van der Waals surface area contributed by atoms with Crippen molar-refractivity contribution >= 4 is 29.3 Å². The molecule has 0 spiro atoms. The molecule has 2 atom stereocenters. The monoisotopic (exact) mass is 292 g/mol. The van der Waals surface area contributed by atoms with Gasteiger partial charge in [0.05, 0.1) is 0 Å². The molecule has 0 aromatic heterocycles. The number of urea groups is 1. The Kier molecular flexibility index (Phi) is 4.70. The van der Waals surface area contributed by atoms with Crippen LogP contribution in [0.25, 0.3) is 0 Å². The fourth-order valence-corrected chi connectivity index (χ4v) is 3.33. The summed E-state index contributed by atoms with van der Waals surface area (Å²) in [4.78, 5) is 25.5. The molecule has 4 nitrogen and oxygen atoms in total. The van der Waals surface area contributed by atoms with E-state index in [2.05, 4.69) is 19.2 Å². The lowest BCUT2D eigenvalue weighted by Crippen LogP contribution is -2.49. The molecule has 2 rings (SSSR count). The molecular weight excluding hydrogens is 272 g/mol. The summed E-state index contributed by atoms with van der Waals surface area (Å²) in [6.45, 7) is 6.49. The van der Waals surface area contributed by atoms with Crippen LogP contribution in [0, 0.1) is 0 Å². The van der Waals surface area contributed by atoms with Gasteiger partial charge in [-0.15, -0.1) is 0 Å². The molecular formula is C15H20N2O2S. The van der Waals surface area contributed by atoms with Gasteiger partial charge in [-0.05, 0) is 26.0 Å². The van der Waals surface area contributed by atoms with Crippen molar-refractivity contribution in [3.05, 3.63) is 29.8 Å². The third-order valence-corrected chi connectivity index (χ3v) is 5.00. The van der Waals surface area contributed by atoms with Gasteiger partial charge in [-0.2, -0.15) is 11.8 Å². The van der Waals surface area contributed by atoms with Crippen LogP contribution in [0.15, 0.2) is 24.3 Å². The number of nitrogens with one attached hydrogen (secondary N) is 1. The van der Waals surface area contributed by atoms with Crippen molar-refractivity contribution in [3.63, 3.8) is 0 Å². The quantitative estimate of drug-likeness (QED) is 0.851. The largest absolute Gasteiger partial charge is 0.322 e. The molecule has 1 fully saturated rings. The van der Waals surface area contributed by atoms with Crippen molar-refractivity contribution in [2.24, 2.45) is 0 Å². The fraction of sp³-hybridized carbons (Fsp3) is 0.467. The first-order valence-electron chi connectivity index (χ1n) is 6.79. The van der Waals surface area contributed by atoms with Crippen molar-refractivity contribution in [1.82, 2.24) is 4.90 Å². The Hall–Kier alpha value is -1.49. The van der Waals surface area contributed by atoms with Gasteiger partial charge in [0, 0.05) is 34.8 Å². The van der Waals surface area contributed by atoms with E-state index in [4.69, 9.17) is 0 Å². The van der Waals surface area contributed by atoms with Gasteiger partial charge in [0.15, 0.2) is 5.78 Å². The Bertz CT molecular complexity index is 518. The van der Waals surface area contributed by atoms with Gasteiger partial charge in [0.2, 0.25) is 0 Å². The number of hydrogen-bond donors (Lipinski definition) is 1. The summed E-state index contributed by atoms with van der Waals surface area (Å²) in [5, 5.41) is 3.33. The van der Waals surface area contributed by atoms with Gasteiger partial charge in [-0.1, -0.05) is 19.1 Å². The van der Waals surface area contributed by atoms with E-state index in [0.29, 0.717) is 16.5 Å². The second kappa shape index (κ2) is 6.31. The maximum absolute atomic E-state index is 12.3. The third kappa shape index (κ3) is 3.33. The van der Waals surface area contributed by atoms with Crippen LogP contribution < -0.4 is 5.32 Å². The number of carbonyl (C=O) groups excluding carboxylic acids is 2. The van der Waals surface area contributed by atoms with Crippen LogP contribution in [0.1, 0.15) is 31.1 Å². The zero-order valence-corrected chi connectivity index (χ0v) is 12.9. The second-order valence-electron chi connectivity index (χ2n) is 5.08. The fourth-order valence-electron chi connectivity index (χ4n) is 2.23. The Morgan fingerprint density at radius 3 is 2.80 bits per heavy atom. The highest BCUT2D eigenvalue weighted by molar-refractivity contribution is 8.00. The predicted octanol–water partition coefficient (Wildman–Crippen LogP) is 3.25. The molecule has 20 heavy (non-hydrogen) atoms. The zero-order valence-electron chi connectivity index (χ0n) is 12.1. The van der Waals surface area contributed by atoms with Crippen LogP contribution in [-0.4, -0.2) is 40.3 Å². The molecule has 108 valence electrons. The SMILES string of the molecule is CC(=O)c1cccc(NC(=O)N2CCSC(C)C2C)c1. The van der Waals surface area contributed by atoms with Crippen molar-refractivity contribution in [2.75, 3.05) is 17.6 Å². The topological polar surface area (TPSA) is 49.4 Å². The van der Waals surface area contributed by atoms with Gasteiger partial charge >= 0.3 is 6.03 Å². The molecule has 5 heteroatoms. The van der Waals surface area contributed by atoms with Crippen molar-refractivity contribution < 1.29 is 9.59 Å². The molecule has 1 N–H and O–H groups in total. The van der Waals surface area contributed by atoms with Crippen molar-refractivity contribution in [2.45, 2.75) is 32.1 Å². The van der Waals surface area contributed by atoms with E-state index in [0.717, 1.165) is 12.3 Å². The van der Waals surface area contributed by atoms with Gasteiger partial charge < -0.3 is 10.2 Å². The minimum atomic E-state index is -0.0923. The first-order chi connectivity index (χ1) is 9.49. The van der Waals surface area contributed by atoms with E-state index in [1.54, 1.807) is 24.3 Å². The third-order valence-electron chi connectivity index (χ3n) is 3.67. The van der Waals surface area contributed by atoms with E-state index < -0.39 is 0 Å². The van der Waals surface area contributed by atoms with E-state index >= 15 is 0 Å². The van der Waals surface area contributed by atoms with Crippen LogP contribution in [0.2, 0.25) is 0 Å². The average molecular weight is 292 g/mol. The number of ketones is 1. The highest BCUT2D eigenvalue weighted by atomic mass is 32.2. The van der Waals surface area contributed by atoms with E-state index in [-0.39, 0.29) is 17.9 Å². The standard InChI is InChI=1S/C15H20N2O2S/c1-10-12(3)20-8-7-17(10)15(19)16-14-6-4-5-13(9-14)11(2)18/h4-6,9-10,12H,7-8H2,1-3H3,(H,16,19). The Labute approximate surface area is 123 Å². The summed E-state index contributed by atoms with van der Waals surface area (Å²) in [6, 6.07) is 7.17. The summed E-state index contributed by atoms with van der Waals surface area (Å²) < 4.78 is 0. The van der Waals surface area contributed by atoms with Gasteiger partial charge in [-0.25, -0.2) is 4.79 Å². The van der Waals surface area contributed by atoms with E-state index in [1.807, 2.05) is 16.7 Å². The molecule has 0 radical (unpaired) electrons. The molecule has 1 aromatic carbocycles. The molecule has 0 aliphatic carbocycles. The van der Waals surface area contributed by atoms with E-state index in [1.165, 1.54) is 6.92 Å². The average Bonchev–Trinajstić information content (AvgIpc) is 2.42. The number of Topliss-reactive ketones (excluding diaryl/α,β-unsaturated/α-hetero) is 1. The number of thioether (sulfide) groups is 1. The summed E-state index contributed by atoms with van der Waals surface area (Å²) in [6.07, 6.45) is 0. The maximum atomic E-state index is 12.3. The Morgan fingerprint density at radius 1 is 1.35 bits per heavy atom. The molecule has 1 saturated heterocycles. The molecule has 0 bridgehead atoms. The van der Waals surface area contributed by atoms with Crippen LogP contribution in [-0.2, 0) is 0 Å². The van der Waals surface area contributed by atoms with Crippen LogP contribution in [0.4, 0.5) is 10.5 Å². The van der Waals surface area contributed by atoms with Crippen molar-refractivity contribution in [1.29, 1.82) is 0 Å². The number of nitrogens with zero attached hydrogens (tertiary/aromatic N) is 1. The Balaban J connectivity index is 2.07.